The minimum atomic E-state index is -4.22. The van der Waals surface area contributed by atoms with Gasteiger partial charge in [-0.1, -0.05) is 18.6 Å². The fraction of sp³-hybridized carbons (Fsp3) is 0.500. The molecule has 2 N–H and O–H groups in total. The zero-order valence-electron chi connectivity index (χ0n) is 9.61. The van der Waals surface area contributed by atoms with E-state index in [-0.39, 0.29) is 35.1 Å². The lowest BCUT2D eigenvalue weighted by molar-refractivity contribution is -0.0328. The maximum absolute atomic E-state index is 12.1. The Morgan fingerprint density at radius 3 is 2.11 bits per heavy atom. The van der Waals surface area contributed by atoms with Crippen LogP contribution in [-0.2, 0) is 0 Å². The van der Waals surface area contributed by atoms with Crippen LogP contribution in [0.15, 0.2) is 29.2 Å². The molecule has 1 nitrogen and oxygen atoms in total. The van der Waals surface area contributed by atoms with E-state index < -0.39 is 5.51 Å². The van der Waals surface area contributed by atoms with E-state index in [4.69, 9.17) is 5.73 Å². The van der Waals surface area contributed by atoms with Crippen LogP contribution in [0.5, 0.6) is 0 Å². The Labute approximate surface area is 115 Å². The third kappa shape index (κ3) is 4.07. The first-order valence-electron chi connectivity index (χ1n) is 5.57. The van der Waals surface area contributed by atoms with Crippen molar-refractivity contribution in [1.82, 2.24) is 0 Å². The van der Waals surface area contributed by atoms with Crippen LogP contribution in [0.1, 0.15) is 30.9 Å². The summed E-state index contributed by atoms with van der Waals surface area (Å²) < 4.78 is 36.4. The lowest BCUT2D eigenvalue weighted by Gasteiger charge is -2.31. The average Bonchev–Trinajstić information content (AvgIpc) is 2.13. The molecule has 0 bridgehead atoms. The molecule has 1 fully saturated rings. The highest BCUT2D eigenvalue weighted by molar-refractivity contribution is 8.00. The summed E-state index contributed by atoms with van der Waals surface area (Å²) in [6, 6.07) is 6.36. The number of alkyl halides is 3. The second-order valence-electron chi connectivity index (χ2n) is 4.33. The maximum Gasteiger partial charge on any atom is 0.446 e. The monoisotopic (exact) mass is 297 g/mol. The maximum atomic E-state index is 12.1. The Morgan fingerprint density at radius 2 is 1.72 bits per heavy atom. The number of hydrogen-bond acceptors (Lipinski definition) is 2. The molecule has 2 rings (SSSR count). The van der Waals surface area contributed by atoms with Crippen molar-refractivity contribution in [1.29, 1.82) is 0 Å². The molecule has 1 aromatic carbocycles. The third-order valence-corrected chi connectivity index (χ3v) is 3.90. The van der Waals surface area contributed by atoms with Gasteiger partial charge in [-0.2, -0.15) is 13.2 Å². The second kappa shape index (κ2) is 6.17. The third-order valence-electron chi connectivity index (χ3n) is 3.16. The van der Waals surface area contributed by atoms with E-state index >= 15 is 0 Å². The first-order chi connectivity index (χ1) is 7.96. The molecule has 102 valence electrons. The van der Waals surface area contributed by atoms with Gasteiger partial charge in [-0.25, -0.2) is 0 Å². The molecule has 0 unspecified atom stereocenters. The first kappa shape index (κ1) is 15.7. The van der Waals surface area contributed by atoms with Crippen molar-refractivity contribution in [2.75, 3.05) is 0 Å². The molecule has 18 heavy (non-hydrogen) atoms. The highest BCUT2D eigenvalue weighted by Gasteiger charge is 2.29. The number of rotatable bonds is 3. The molecule has 0 radical (unpaired) electrons. The van der Waals surface area contributed by atoms with E-state index in [0.717, 1.165) is 18.4 Å². The predicted octanol–water partition coefficient (Wildman–Crippen LogP) is 4.52. The quantitative estimate of drug-likeness (QED) is 0.830. The van der Waals surface area contributed by atoms with Crippen LogP contribution in [0, 0.1) is 5.92 Å². The van der Waals surface area contributed by atoms with Gasteiger partial charge in [-0.15, -0.1) is 12.4 Å². The smallest absolute Gasteiger partial charge is 0.324 e. The van der Waals surface area contributed by atoms with Gasteiger partial charge in [0.1, 0.15) is 0 Å². The van der Waals surface area contributed by atoms with E-state index in [0.29, 0.717) is 5.92 Å². The predicted molar refractivity (Wildman–Crippen MR) is 69.9 cm³/mol. The lowest BCUT2D eigenvalue weighted by Crippen LogP contribution is -2.26. The highest BCUT2D eigenvalue weighted by atomic mass is 35.5. The van der Waals surface area contributed by atoms with Gasteiger partial charge in [-0.05, 0) is 48.2 Å². The van der Waals surface area contributed by atoms with Crippen molar-refractivity contribution in [2.45, 2.75) is 35.7 Å². The number of hydrogen-bond donors (Lipinski definition) is 1. The highest BCUT2D eigenvalue weighted by Crippen LogP contribution is 2.39. The van der Waals surface area contributed by atoms with E-state index in [1.165, 1.54) is 18.6 Å². The fourth-order valence-corrected chi connectivity index (χ4v) is 2.50. The Hall–Kier alpha value is -0.390. The van der Waals surface area contributed by atoms with Gasteiger partial charge < -0.3 is 5.73 Å². The molecule has 0 spiro atoms. The van der Waals surface area contributed by atoms with Crippen molar-refractivity contribution in [3.8, 4) is 0 Å². The molecule has 1 aliphatic carbocycles. The Morgan fingerprint density at radius 1 is 1.17 bits per heavy atom. The van der Waals surface area contributed by atoms with Gasteiger partial charge in [0.05, 0.1) is 0 Å². The van der Waals surface area contributed by atoms with Gasteiger partial charge in [0.15, 0.2) is 0 Å². The van der Waals surface area contributed by atoms with Crippen molar-refractivity contribution in [3.63, 3.8) is 0 Å². The number of halogens is 4. The standard InChI is InChI=1S/C12H14F3NS.ClH/c13-12(14,15)17-10-6-4-9(5-7-10)11(16)8-2-1-3-8;/h4-8,11H,1-3,16H2;1H/t11-;/m0./s1. The van der Waals surface area contributed by atoms with Crippen LogP contribution in [-0.4, -0.2) is 5.51 Å². The lowest BCUT2D eigenvalue weighted by atomic mass is 9.78. The van der Waals surface area contributed by atoms with Gasteiger partial charge >= 0.3 is 5.51 Å². The molecule has 1 aromatic rings. The summed E-state index contributed by atoms with van der Waals surface area (Å²) in [5.41, 5.74) is 2.76. The number of benzene rings is 1. The van der Waals surface area contributed by atoms with E-state index in [9.17, 15) is 13.2 Å². The average molecular weight is 298 g/mol. The molecule has 0 aliphatic heterocycles. The summed E-state index contributed by atoms with van der Waals surface area (Å²) in [4.78, 5) is 0.210. The van der Waals surface area contributed by atoms with Crippen LogP contribution in [0.25, 0.3) is 0 Å². The Bertz CT molecular complexity index is 376. The fourth-order valence-electron chi connectivity index (χ4n) is 1.96. The zero-order valence-corrected chi connectivity index (χ0v) is 11.2. The van der Waals surface area contributed by atoms with Gasteiger partial charge in [0, 0.05) is 10.9 Å². The topological polar surface area (TPSA) is 26.0 Å². The Balaban J connectivity index is 0.00000162. The zero-order chi connectivity index (χ0) is 12.5. The molecule has 0 heterocycles. The summed E-state index contributed by atoms with van der Waals surface area (Å²) in [6.45, 7) is 0. The summed E-state index contributed by atoms with van der Waals surface area (Å²) in [7, 11) is 0. The SMILES string of the molecule is Cl.N[C@H](c1ccc(SC(F)(F)F)cc1)C1CCC1. The van der Waals surface area contributed by atoms with Crippen LogP contribution in [0.3, 0.4) is 0 Å². The van der Waals surface area contributed by atoms with Crippen molar-refractivity contribution >= 4 is 24.2 Å². The van der Waals surface area contributed by atoms with Crippen LogP contribution in [0.4, 0.5) is 13.2 Å². The summed E-state index contributed by atoms with van der Waals surface area (Å²) in [6.07, 6.45) is 3.46. The minimum Gasteiger partial charge on any atom is -0.324 e. The van der Waals surface area contributed by atoms with E-state index in [2.05, 4.69) is 0 Å². The van der Waals surface area contributed by atoms with Crippen LogP contribution < -0.4 is 5.73 Å². The molecule has 0 amide bonds. The number of nitrogens with two attached hydrogens (primary N) is 1. The first-order valence-corrected chi connectivity index (χ1v) is 6.38. The molecule has 1 atom stereocenters. The second-order valence-corrected chi connectivity index (χ2v) is 5.47. The molecule has 6 heteroatoms. The van der Waals surface area contributed by atoms with Crippen LogP contribution in [0.2, 0.25) is 0 Å². The summed E-state index contributed by atoms with van der Waals surface area (Å²) >= 11 is -0.0915. The van der Waals surface area contributed by atoms with Crippen molar-refractivity contribution in [2.24, 2.45) is 11.7 Å². The normalized spacial score (nSPS) is 17.8. The van der Waals surface area contributed by atoms with E-state index in [1.54, 1.807) is 12.1 Å². The van der Waals surface area contributed by atoms with Crippen LogP contribution >= 0.6 is 24.2 Å². The van der Waals surface area contributed by atoms with Gasteiger partial charge in [-0.3, -0.25) is 0 Å². The van der Waals surface area contributed by atoms with Gasteiger partial charge in [0.2, 0.25) is 0 Å². The molecular weight excluding hydrogens is 283 g/mol. The minimum absolute atomic E-state index is 0. The number of thioether (sulfide) groups is 1. The Kier molecular flexibility index (Phi) is 5.37. The molecule has 1 saturated carbocycles. The largest absolute Gasteiger partial charge is 0.446 e. The molecule has 0 saturated heterocycles. The molecular formula is C12H15ClF3NS. The van der Waals surface area contributed by atoms with Crippen molar-refractivity contribution < 1.29 is 13.2 Å². The van der Waals surface area contributed by atoms with Crippen molar-refractivity contribution in [3.05, 3.63) is 29.8 Å². The summed E-state index contributed by atoms with van der Waals surface area (Å²) in [5.74, 6) is 0.496. The molecule has 0 aromatic heterocycles. The van der Waals surface area contributed by atoms with E-state index in [1.807, 2.05) is 0 Å². The molecule has 1 aliphatic rings. The summed E-state index contributed by atoms with van der Waals surface area (Å²) in [5, 5.41) is 0. The van der Waals surface area contributed by atoms with Gasteiger partial charge in [0.25, 0.3) is 0 Å².